The third-order valence-corrected chi connectivity index (χ3v) is 4.02. The molecule has 0 spiro atoms. The second-order valence-electron chi connectivity index (χ2n) is 4.44. The summed E-state index contributed by atoms with van der Waals surface area (Å²) in [6, 6.07) is 4.39. The average molecular weight is 276 g/mol. The van der Waals surface area contributed by atoms with Gasteiger partial charge in [-0.3, -0.25) is 4.98 Å². The van der Waals surface area contributed by atoms with E-state index in [1.54, 1.807) is 24.6 Å². The van der Waals surface area contributed by atoms with Crippen LogP contribution in [0.15, 0.2) is 29.9 Å². The lowest BCUT2D eigenvalue weighted by Gasteiger charge is -2.21. The van der Waals surface area contributed by atoms with Crippen LogP contribution in [0.4, 0.5) is 0 Å². The van der Waals surface area contributed by atoms with Gasteiger partial charge in [-0.05, 0) is 43.0 Å². The van der Waals surface area contributed by atoms with Crippen molar-refractivity contribution in [3.63, 3.8) is 0 Å². The van der Waals surface area contributed by atoms with E-state index in [4.69, 9.17) is 4.74 Å². The van der Waals surface area contributed by atoms with E-state index in [9.17, 15) is 0 Å². The predicted octanol–water partition coefficient (Wildman–Crippen LogP) is 3.55. The highest BCUT2D eigenvalue weighted by atomic mass is 32.1. The summed E-state index contributed by atoms with van der Waals surface area (Å²) < 4.78 is 5.45. The summed E-state index contributed by atoms with van der Waals surface area (Å²) >= 11 is 1.78. The Kier molecular flexibility index (Phi) is 4.93. The topological polar surface area (TPSA) is 34.2 Å². The molecule has 2 aromatic rings. The first-order valence-electron chi connectivity index (χ1n) is 6.53. The van der Waals surface area contributed by atoms with E-state index < -0.39 is 0 Å². The molecule has 0 bridgehead atoms. The molecule has 0 aromatic carbocycles. The third-order valence-electron chi connectivity index (χ3n) is 3.16. The first kappa shape index (κ1) is 14.0. The number of thiophene rings is 1. The molecular weight excluding hydrogens is 256 g/mol. The molecule has 0 saturated carbocycles. The van der Waals surface area contributed by atoms with Crippen molar-refractivity contribution in [2.45, 2.75) is 26.3 Å². The Morgan fingerprint density at radius 1 is 1.37 bits per heavy atom. The molecule has 0 aliphatic rings. The van der Waals surface area contributed by atoms with Crippen molar-refractivity contribution in [3.8, 4) is 5.75 Å². The largest absolute Gasteiger partial charge is 0.495 e. The molecule has 2 rings (SSSR count). The number of rotatable bonds is 6. The Labute approximate surface area is 118 Å². The van der Waals surface area contributed by atoms with Crippen LogP contribution >= 0.6 is 11.3 Å². The summed E-state index contributed by atoms with van der Waals surface area (Å²) in [7, 11) is 1.69. The Morgan fingerprint density at radius 3 is 2.84 bits per heavy atom. The molecule has 19 heavy (non-hydrogen) atoms. The summed E-state index contributed by atoms with van der Waals surface area (Å²) in [5.74, 6) is 0.835. The number of aromatic nitrogens is 1. The smallest absolute Gasteiger partial charge is 0.142 e. The van der Waals surface area contributed by atoms with E-state index in [0.29, 0.717) is 0 Å². The number of hydrogen-bond acceptors (Lipinski definition) is 4. The normalized spacial score (nSPS) is 12.4. The maximum Gasteiger partial charge on any atom is 0.142 e. The van der Waals surface area contributed by atoms with Crippen molar-refractivity contribution in [2.75, 3.05) is 13.7 Å². The number of aryl methyl sites for hydroxylation is 1. The number of nitrogens with one attached hydrogen (secondary N) is 1. The van der Waals surface area contributed by atoms with Crippen LogP contribution in [0.25, 0.3) is 0 Å². The van der Waals surface area contributed by atoms with Crippen LogP contribution in [0.1, 0.15) is 35.4 Å². The van der Waals surface area contributed by atoms with E-state index >= 15 is 0 Å². The Balaban J connectivity index is 2.40. The zero-order valence-electron chi connectivity index (χ0n) is 11.6. The number of pyridine rings is 1. The van der Waals surface area contributed by atoms with Gasteiger partial charge in [-0.1, -0.05) is 6.92 Å². The molecule has 1 unspecified atom stereocenters. The van der Waals surface area contributed by atoms with Gasteiger partial charge in [0.15, 0.2) is 0 Å². The van der Waals surface area contributed by atoms with Crippen molar-refractivity contribution in [3.05, 3.63) is 45.9 Å². The van der Waals surface area contributed by atoms with Crippen molar-refractivity contribution in [1.82, 2.24) is 10.3 Å². The highest BCUT2D eigenvalue weighted by molar-refractivity contribution is 7.10. The van der Waals surface area contributed by atoms with E-state index in [2.05, 4.69) is 35.6 Å². The van der Waals surface area contributed by atoms with Crippen LogP contribution in [0.2, 0.25) is 0 Å². The SMILES string of the molecule is CCCNC(c1ccncc1OC)c1ccsc1C. The van der Waals surface area contributed by atoms with Crippen LogP contribution < -0.4 is 10.1 Å². The van der Waals surface area contributed by atoms with Crippen molar-refractivity contribution >= 4 is 11.3 Å². The van der Waals surface area contributed by atoms with Crippen molar-refractivity contribution in [1.29, 1.82) is 0 Å². The van der Waals surface area contributed by atoms with Crippen molar-refractivity contribution in [2.24, 2.45) is 0 Å². The van der Waals surface area contributed by atoms with Gasteiger partial charge < -0.3 is 10.1 Å². The van der Waals surface area contributed by atoms with E-state index in [-0.39, 0.29) is 6.04 Å². The Hall–Kier alpha value is -1.39. The molecule has 0 aliphatic heterocycles. The number of ether oxygens (including phenoxy) is 1. The first-order valence-corrected chi connectivity index (χ1v) is 7.41. The Morgan fingerprint density at radius 2 is 2.21 bits per heavy atom. The lowest BCUT2D eigenvalue weighted by atomic mass is 9.99. The monoisotopic (exact) mass is 276 g/mol. The van der Waals surface area contributed by atoms with Crippen LogP contribution in [-0.4, -0.2) is 18.6 Å². The van der Waals surface area contributed by atoms with Crippen LogP contribution in [0, 0.1) is 6.92 Å². The lowest BCUT2D eigenvalue weighted by molar-refractivity contribution is 0.402. The number of hydrogen-bond donors (Lipinski definition) is 1. The molecular formula is C15H20N2OS. The molecule has 1 N–H and O–H groups in total. The molecule has 0 saturated heterocycles. The summed E-state index contributed by atoms with van der Waals surface area (Å²) in [4.78, 5) is 5.47. The van der Waals surface area contributed by atoms with Gasteiger partial charge in [-0.2, -0.15) is 0 Å². The molecule has 0 fully saturated rings. The highest BCUT2D eigenvalue weighted by Gasteiger charge is 2.19. The van der Waals surface area contributed by atoms with E-state index in [0.717, 1.165) is 24.3 Å². The third kappa shape index (κ3) is 3.14. The maximum absolute atomic E-state index is 5.45. The molecule has 102 valence electrons. The standard InChI is InChI=1S/C15H20N2OS/c1-4-7-17-15(12-6-9-19-11(12)2)13-5-8-16-10-14(13)18-3/h5-6,8-10,15,17H,4,7H2,1-3H3. The minimum atomic E-state index is 0.171. The van der Waals surface area contributed by atoms with Gasteiger partial charge in [0.25, 0.3) is 0 Å². The minimum Gasteiger partial charge on any atom is -0.495 e. The van der Waals surface area contributed by atoms with Gasteiger partial charge in [-0.25, -0.2) is 0 Å². The quantitative estimate of drug-likeness (QED) is 0.876. The molecule has 4 heteroatoms. The summed E-state index contributed by atoms with van der Waals surface area (Å²) in [5, 5.41) is 5.74. The zero-order valence-corrected chi connectivity index (χ0v) is 12.5. The first-order chi connectivity index (χ1) is 9.27. The fourth-order valence-corrected chi connectivity index (χ4v) is 2.91. The fourth-order valence-electron chi connectivity index (χ4n) is 2.17. The van der Waals surface area contributed by atoms with Crippen LogP contribution in [-0.2, 0) is 0 Å². The van der Waals surface area contributed by atoms with Crippen molar-refractivity contribution < 1.29 is 4.74 Å². The molecule has 1 atom stereocenters. The Bertz CT molecular complexity index is 524. The second-order valence-corrected chi connectivity index (χ2v) is 5.56. The zero-order chi connectivity index (χ0) is 13.7. The molecule has 2 heterocycles. The summed E-state index contributed by atoms with van der Waals surface area (Å²) in [5.41, 5.74) is 2.47. The van der Waals surface area contributed by atoms with Gasteiger partial charge in [0.1, 0.15) is 5.75 Å². The average Bonchev–Trinajstić information content (AvgIpc) is 2.86. The maximum atomic E-state index is 5.45. The second kappa shape index (κ2) is 6.68. The van der Waals surface area contributed by atoms with Crippen LogP contribution in [0.5, 0.6) is 5.75 Å². The van der Waals surface area contributed by atoms with Gasteiger partial charge in [-0.15, -0.1) is 11.3 Å². The lowest BCUT2D eigenvalue weighted by Crippen LogP contribution is -2.23. The fraction of sp³-hybridized carbons (Fsp3) is 0.400. The summed E-state index contributed by atoms with van der Waals surface area (Å²) in [6.07, 6.45) is 4.70. The molecule has 0 aliphatic carbocycles. The molecule has 0 radical (unpaired) electrons. The van der Waals surface area contributed by atoms with Gasteiger partial charge in [0, 0.05) is 16.6 Å². The van der Waals surface area contributed by atoms with Crippen LogP contribution in [0.3, 0.4) is 0 Å². The molecule has 3 nitrogen and oxygen atoms in total. The minimum absolute atomic E-state index is 0.171. The molecule has 2 aromatic heterocycles. The molecule has 0 amide bonds. The van der Waals surface area contributed by atoms with E-state index in [1.165, 1.54) is 10.4 Å². The predicted molar refractivity (Wildman–Crippen MR) is 80.0 cm³/mol. The van der Waals surface area contributed by atoms with Gasteiger partial charge in [0.05, 0.1) is 19.3 Å². The number of nitrogens with zero attached hydrogens (tertiary/aromatic N) is 1. The highest BCUT2D eigenvalue weighted by Crippen LogP contribution is 2.32. The van der Waals surface area contributed by atoms with Gasteiger partial charge >= 0.3 is 0 Å². The summed E-state index contributed by atoms with van der Waals surface area (Å²) in [6.45, 7) is 5.31. The van der Waals surface area contributed by atoms with Gasteiger partial charge in [0.2, 0.25) is 0 Å². The number of methoxy groups -OCH3 is 1. The van der Waals surface area contributed by atoms with E-state index in [1.807, 2.05) is 12.3 Å².